The summed E-state index contributed by atoms with van der Waals surface area (Å²) in [6.45, 7) is 0. The molecule has 0 amide bonds. The number of nitrogens with zero attached hydrogens (tertiary/aromatic N) is 5. The van der Waals surface area contributed by atoms with Gasteiger partial charge < -0.3 is 10.3 Å². The van der Waals surface area contributed by atoms with Crippen LogP contribution in [-0.4, -0.2) is 24.4 Å². The number of aryl methyl sites for hydroxylation is 1. The SMILES string of the molecule is Cn1cc(-c2nnc3sc(N)nn3c2=O)c2ccccc21. The van der Waals surface area contributed by atoms with Gasteiger partial charge in [0.25, 0.3) is 0 Å². The van der Waals surface area contributed by atoms with E-state index in [9.17, 15) is 4.79 Å². The lowest BCUT2D eigenvalue weighted by Gasteiger charge is -1.97. The first-order valence-electron chi connectivity index (χ1n) is 6.21. The number of para-hydroxylation sites is 1. The number of hydrogen-bond acceptors (Lipinski definition) is 6. The van der Waals surface area contributed by atoms with Crippen LogP contribution in [0.15, 0.2) is 35.3 Å². The van der Waals surface area contributed by atoms with Crippen molar-refractivity contribution in [2.75, 3.05) is 5.73 Å². The largest absolute Gasteiger partial charge is 0.374 e. The molecule has 0 saturated carbocycles. The van der Waals surface area contributed by atoms with E-state index in [0.29, 0.717) is 4.96 Å². The van der Waals surface area contributed by atoms with Crippen molar-refractivity contribution in [1.82, 2.24) is 24.4 Å². The molecule has 2 N–H and O–H groups in total. The van der Waals surface area contributed by atoms with E-state index in [1.165, 1.54) is 4.52 Å². The number of nitrogens with two attached hydrogens (primary N) is 1. The van der Waals surface area contributed by atoms with E-state index in [-0.39, 0.29) is 16.4 Å². The van der Waals surface area contributed by atoms with E-state index in [0.717, 1.165) is 27.8 Å². The molecule has 104 valence electrons. The molecular formula is C13H10N6OS. The van der Waals surface area contributed by atoms with Crippen LogP contribution in [0.3, 0.4) is 0 Å². The maximum absolute atomic E-state index is 12.5. The minimum Gasteiger partial charge on any atom is -0.374 e. The molecule has 3 heterocycles. The summed E-state index contributed by atoms with van der Waals surface area (Å²) in [5.74, 6) is 0. The van der Waals surface area contributed by atoms with Gasteiger partial charge in [0.1, 0.15) is 0 Å². The van der Waals surface area contributed by atoms with Gasteiger partial charge in [-0.3, -0.25) is 4.79 Å². The molecule has 8 heteroatoms. The molecule has 4 aromatic rings. The number of rotatable bonds is 1. The Hall–Kier alpha value is -2.74. The standard InChI is InChI=1S/C13H10N6OS/c1-18-6-8(7-4-2-3-5-9(7)18)10-11(20)19-13(16-15-10)21-12(14)17-19/h2-6H,1H3,(H2,14,17). The van der Waals surface area contributed by atoms with Crippen LogP contribution in [0.1, 0.15) is 0 Å². The van der Waals surface area contributed by atoms with E-state index < -0.39 is 0 Å². The lowest BCUT2D eigenvalue weighted by molar-refractivity contribution is 0.862. The van der Waals surface area contributed by atoms with Gasteiger partial charge in [-0.15, -0.1) is 15.3 Å². The third-order valence-electron chi connectivity index (χ3n) is 3.36. The van der Waals surface area contributed by atoms with Gasteiger partial charge in [-0.2, -0.15) is 4.52 Å². The van der Waals surface area contributed by atoms with Crippen LogP contribution in [-0.2, 0) is 7.05 Å². The molecule has 0 aliphatic heterocycles. The normalized spacial score (nSPS) is 11.5. The average molecular weight is 298 g/mol. The fourth-order valence-electron chi connectivity index (χ4n) is 2.43. The highest BCUT2D eigenvalue weighted by atomic mass is 32.1. The molecule has 0 atom stereocenters. The van der Waals surface area contributed by atoms with Crippen LogP contribution in [0.4, 0.5) is 5.13 Å². The first-order chi connectivity index (χ1) is 10.1. The summed E-state index contributed by atoms with van der Waals surface area (Å²) < 4.78 is 3.15. The zero-order valence-electron chi connectivity index (χ0n) is 11.0. The van der Waals surface area contributed by atoms with E-state index in [2.05, 4.69) is 15.3 Å². The summed E-state index contributed by atoms with van der Waals surface area (Å²) in [5.41, 5.74) is 7.34. The molecule has 21 heavy (non-hydrogen) atoms. The van der Waals surface area contributed by atoms with Crippen LogP contribution in [0.5, 0.6) is 0 Å². The molecule has 0 unspecified atom stereocenters. The van der Waals surface area contributed by atoms with Crippen LogP contribution >= 0.6 is 11.3 Å². The fraction of sp³-hybridized carbons (Fsp3) is 0.0769. The number of fused-ring (bicyclic) bond motifs is 2. The Morgan fingerprint density at radius 3 is 2.90 bits per heavy atom. The maximum atomic E-state index is 12.5. The smallest absolute Gasteiger partial charge is 0.302 e. The lowest BCUT2D eigenvalue weighted by atomic mass is 10.1. The summed E-state index contributed by atoms with van der Waals surface area (Å²) in [7, 11) is 1.93. The molecule has 4 rings (SSSR count). The Morgan fingerprint density at radius 1 is 1.24 bits per heavy atom. The van der Waals surface area contributed by atoms with Gasteiger partial charge in [0.05, 0.1) is 0 Å². The number of aromatic nitrogens is 5. The zero-order valence-corrected chi connectivity index (χ0v) is 11.8. The van der Waals surface area contributed by atoms with E-state index >= 15 is 0 Å². The Bertz CT molecular complexity index is 1040. The van der Waals surface area contributed by atoms with Crippen molar-refractivity contribution < 1.29 is 0 Å². The molecule has 1 aromatic carbocycles. The quantitative estimate of drug-likeness (QED) is 0.571. The van der Waals surface area contributed by atoms with Crippen LogP contribution in [0.2, 0.25) is 0 Å². The van der Waals surface area contributed by atoms with Crippen LogP contribution < -0.4 is 11.3 Å². The summed E-state index contributed by atoms with van der Waals surface area (Å²) in [4.78, 5) is 12.9. The maximum Gasteiger partial charge on any atom is 0.302 e. The predicted octanol–water partition coefficient (Wildman–Crippen LogP) is 1.29. The zero-order chi connectivity index (χ0) is 14.6. The molecular weight excluding hydrogens is 288 g/mol. The van der Waals surface area contributed by atoms with Crippen LogP contribution in [0, 0.1) is 0 Å². The summed E-state index contributed by atoms with van der Waals surface area (Å²) in [6.07, 6.45) is 1.87. The second kappa shape index (κ2) is 4.13. The molecule has 3 aromatic heterocycles. The molecule has 0 fully saturated rings. The highest BCUT2D eigenvalue weighted by Crippen LogP contribution is 2.27. The number of hydrogen-bond donors (Lipinski definition) is 1. The number of nitrogen functional groups attached to an aromatic ring is 1. The second-order valence-corrected chi connectivity index (χ2v) is 5.65. The number of anilines is 1. The summed E-state index contributed by atoms with van der Waals surface area (Å²) in [6, 6.07) is 7.82. The van der Waals surface area contributed by atoms with Crippen molar-refractivity contribution in [3.8, 4) is 11.3 Å². The Labute approximate surface area is 122 Å². The molecule has 0 bridgehead atoms. The summed E-state index contributed by atoms with van der Waals surface area (Å²) in [5, 5.41) is 13.3. The van der Waals surface area contributed by atoms with Gasteiger partial charge in [-0.05, 0) is 6.07 Å². The molecule has 0 aliphatic rings. The van der Waals surface area contributed by atoms with Gasteiger partial charge in [-0.25, -0.2) is 0 Å². The first-order valence-corrected chi connectivity index (χ1v) is 7.03. The van der Waals surface area contributed by atoms with Gasteiger partial charge in [0.15, 0.2) is 5.69 Å². The predicted molar refractivity (Wildman–Crippen MR) is 81.3 cm³/mol. The van der Waals surface area contributed by atoms with Gasteiger partial charge in [0.2, 0.25) is 10.1 Å². The molecule has 7 nitrogen and oxygen atoms in total. The van der Waals surface area contributed by atoms with Crippen molar-refractivity contribution in [3.05, 3.63) is 40.8 Å². The lowest BCUT2D eigenvalue weighted by Crippen LogP contribution is -2.19. The van der Waals surface area contributed by atoms with Crippen molar-refractivity contribution in [2.24, 2.45) is 7.05 Å². The average Bonchev–Trinajstić information content (AvgIpc) is 3.01. The first kappa shape index (κ1) is 12.0. The molecule has 0 radical (unpaired) electrons. The van der Waals surface area contributed by atoms with Gasteiger partial charge in [-0.1, -0.05) is 29.5 Å². The molecule has 0 saturated heterocycles. The molecule has 0 spiro atoms. The second-order valence-electron chi connectivity index (χ2n) is 4.66. The molecule has 0 aliphatic carbocycles. The Morgan fingerprint density at radius 2 is 2.05 bits per heavy atom. The third kappa shape index (κ3) is 1.66. The number of benzene rings is 1. The van der Waals surface area contributed by atoms with E-state index in [1.807, 2.05) is 42.1 Å². The van der Waals surface area contributed by atoms with Crippen molar-refractivity contribution in [2.45, 2.75) is 0 Å². The van der Waals surface area contributed by atoms with Gasteiger partial charge >= 0.3 is 5.56 Å². The van der Waals surface area contributed by atoms with E-state index in [1.54, 1.807) is 0 Å². The Kier molecular flexibility index (Phi) is 2.36. The van der Waals surface area contributed by atoms with Crippen molar-refractivity contribution >= 4 is 32.3 Å². The van der Waals surface area contributed by atoms with Crippen molar-refractivity contribution in [3.63, 3.8) is 0 Å². The minimum atomic E-state index is -0.315. The van der Waals surface area contributed by atoms with Crippen LogP contribution in [0.25, 0.3) is 27.1 Å². The minimum absolute atomic E-state index is 0.273. The monoisotopic (exact) mass is 298 g/mol. The Balaban J connectivity index is 2.09. The third-order valence-corrected chi connectivity index (χ3v) is 4.09. The fourth-order valence-corrected chi connectivity index (χ4v) is 3.03. The van der Waals surface area contributed by atoms with Gasteiger partial charge in [0, 0.05) is 29.7 Å². The van der Waals surface area contributed by atoms with Crippen molar-refractivity contribution in [1.29, 1.82) is 0 Å². The highest BCUT2D eigenvalue weighted by molar-refractivity contribution is 7.20. The summed E-state index contributed by atoms with van der Waals surface area (Å²) >= 11 is 1.13. The topological polar surface area (TPSA) is 91.1 Å². The highest BCUT2D eigenvalue weighted by Gasteiger charge is 2.16. The van der Waals surface area contributed by atoms with E-state index in [4.69, 9.17) is 5.73 Å².